The van der Waals surface area contributed by atoms with Crippen molar-refractivity contribution >= 4 is 6.29 Å². The van der Waals surface area contributed by atoms with E-state index < -0.39 is 0 Å². The van der Waals surface area contributed by atoms with Crippen molar-refractivity contribution in [3.8, 4) is 0 Å². The van der Waals surface area contributed by atoms with E-state index in [0.29, 0.717) is 23.2 Å². The summed E-state index contributed by atoms with van der Waals surface area (Å²) in [6.45, 7) is 13.5. The molecule has 0 fully saturated rings. The molecule has 0 aromatic carbocycles. The maximum Gasteiger partial charge on any atom is 0.120 e. The Kier molecular flexibility index (Phi) is 4.83. The first-order chi connectivity index (χ1) is 6.14. The Morgan fingerprint density at radius 2 is 1.29 bits per heavy atom. The molecule has 0 atom stereocenters. The Bertz CT molecular complexity index is 153. The van der Waals surface area contributed by atoms with Crippen LogP contribution in [0.1, 0.15) is 60.8 Å². The first kappa shape index (κ1) is 13.7. The molecule has 0 unspecified atom stereocenters. The molecule has 0 aliphatic heterocycles. The van der Waals surface area contributed by atoms with Crippen LogP contribution in [0.2, 0.25) is 0 Å². The monoisotopic (exact) mass is 198 g/mol. The topological polar surface area (TPSA) is 17.1 Å². The summed E-state index contributed by atoms with van der Waals surface area (Å²) in [6, 6.07) is 0. The Labute approximate surface area is 89.3 Å². The Balaban J connectivity index is 4.23. The van der Waals surface area contributed by atoms with E-state index in [0.717, 1.165) is 19.1 Å². The van der Waals surface area contributed by atoms with Gasteiger partial charge in [-0.2, -0.15) is 0 Å². The van der Waals surface area contributed by atoms with Gasteiger partial charge in [0.25, 0.3) is 0 Å². The van der Waals surface area contributed by atoms with Crippen molar-refractivity contribution in [1.29, 1.82) is 0 Å². The minimum Gasteiger partial charge on any atom is -0.303 e. The average molecular weight is 198 g/mol. The van der Waals surface area contributed by atoms with E-state index in [-0.39, 0.29) is 0 Å². The molecular formula is C13H26O. The third-order valence-corrected chi connectivity index (χ3v) is 2.23. The highest BCUT2D eigenvalue weighted by atomic mass is 16.1. The normalized spacial score (nSPS) is 13.4. The zero-order valence-electron chi connectivity index (χ0n) is 10.7. The second kappa shape index (κ2) is 4.95. The van der Waals surface area contributed by atoms with Gasteiger partial charge in [-0.05, 0) is 29.6 Å². The Morgan fingerprint density at radius 1 is 0.929 bits per heavy atom. The van der Waals surface area contributed by atoms with Gasteiger partial charge in [-0.3, -0.25) is 0 Å². The van der Waals surface area contributed by atoms with Gasteiger partial charge in [0.05, 0.1) is 0 Å². The molecular weight excluding hydrogens is 172 g/mol. The van der Waals surface area contributed by atoms with Gasteiger partial charge in [-0.25, -0.2) is 0 Å². The van der Waals surface area contributed by atoms with Crippen molar-refractivity contribution in [1.82, 2.24) is 0 Å². The van der Waals surface area contributed by atoms with Crippen molar-refractivity contribution in [3.63, 3.8) is 0 Å². The Hall–Kier alpha value is -0.330. The van der Waals surface area contributed by atoms with E-state index in [1.165, 1.54) is 0 Å². The van der Waals surface area contributed by atoms with Crippen molar-refractivity contribution in [2.24, 2.45) is 16.7 Å². The standard InChI is InChI=1S/C13H26O/c1-12(2,3)9-11(7-8-14)10-13(4,5)6/h8,11H,7,9-10H2,1-6H3. The first-order valence-electron chi connectivity index (χ1n) is 5.58. The second-order valence-corrected chi connectivity index (χ2v) is 6.80. The van der Waals surface area contributed by atoms with Crippen molar-refractivity contribution in [3.05, 3.63) is 0 Å². The summed E-state index contributed by atoms with van der Waals surface area (Å²) in [5.41, 5.74) is 0.665. The lowest BCUT2D eigenvalue weighted by Gasteiger charge is -2.30. The second-order valence-electron chi connectivity index (χ2n) is 6.80. The van der Waals surface area contributed by atoms with Gasteiger partial charge in [0.15, 0.2) is 0 Å². The molecule has 0 bridgehead atoms. The third-order valence-electron chi connectivity index (χ3n) is 2.23. The van der Waals surface area contributed by atoms with Gasteiger partial charge in [-0.15, -0.1) is 0 Å². The smallest absolute Gasteiger partial charge is 0.120 e. The minimum absolute atomic E-state index is 0.332. The van der Waals surface area contributed by atoms with E-state index in [1.54, 1.807) is 0 Å². The lowest BCUT2D eigenvalue weighted by molar-refractivity contribution is -0.109. The van der Waals surface area contributed by atoms with Crippen LogP contribution in [0.5, 0.6) is 0 Å². The molecule has 0 spiro atoms. The van der Waals surface area contributed by atoms with Crippen LogP contribution in [0.4, 0.5) is 0 Å². The number of aldehydes is 1. The fraction of sp³-hybridized carbons (Fsp3) is 0.923. The lowest BCUT2D eigenvalue weighted by Crippen LogP contribution is -2.19. The molecule has 0 amide bonds. The van der Waals surface area contributed by atoms with Crippen LogP contribution in [0, 0.1) is 16.7 Å². The average Bonchev–Trinajstić information content (AvgIpc) is 1.78. The van der Waals surface area contributed by atoms with Gasteiger partial charge in [0.2, 0.25) is 0 Å². The zero-order valence-corrected chi connectivity index (χ0v) is 10.7. The summed E-state index contributed by atoms with van der Waals surface area (Å²) < 4.78 is 0. The van der Waals surface area contributed by atoms with E-state index in [2.05, 4.69) is 41.5 Å². The van der Waals surface area contributed by atoms with Gasteiger partial charge in [0.1, 0.15) is 6.29 Å². The number of carbonyl (C=O) groups excluding carboxylic acids is 1. The molecule has 0 saturated heterocycles. The molecule has 84 valence electrons. The van der Waals surface area contributed by atoms with Crippen LogP contribution >= 0.6 is 0 Å². The number of rotatable bonds is 4. The minimum atomic E-state index is 0.332. The third kappa shape index (κ3) is 8.28. The predicted octanol–water partition coefficient (Wildman–Crippen LogP) is 4.06. The molecule has 0 rings (SSSR count). The number of carbonyl (C=O) groups is 1. The molecule has 0 radical (unpaired) electrons. The molecule has 0 aliphatic carbocycles. The van der Waals surface area contributed by atoms with Gasteiger partial charge in [0, 0.05) is 6.42 Å². The molecule has 0 aliphatic rings. The van der Waals surface area contributed by atoms with E-state index in [1.807, 2.05) is 0 Å². The largest absolute Gasteiger partial charge is 0.303 e. The van der Waals surface area contributed by atoms with Gasteiger partial charge >= 0.3 is 0 Å². The van der Waals surface area contributed by atoms with E-state index in [9.17, 15) is 4.79 Å². The molecule has 0 saturated carbocycles. The first-order valence-corrected chi connectivity index (χ1v) is 5.58. The molecule has 14 heavy (non-hydrogen) atoms. The molecule has 0 aromatic heterocycles. The Morgan fingerprint density at radius 3 is 1.50 bits per heavy atom. The molecule has 0 heterocycles. The van der Waals surface area contributed by atoms with Crippen LogP contribution in [-0.2, 0) is 4.79 Å². The van der Waals surface area contributed by atoms with Crippen LogP contribution in [0.3, 0.4) is 0 Å². The highest BCUT2D eigenvalue weighted by Crippen LogP contribution is 2.34. The van der Waals surface area contributed by atoms with Crippen molar-refractivity contribution < 1.29 is 4.79 Å². The van der Waals surface area contributed by atoms with E-state index in [4.69, 9.17) is 0 Å². The quantitative estimate of drug-likeness (QED) is 0.622. The zero-order chi connectivity index (χ0) is 11.4. The molecule has 1 nitrogen and oxygen atoms in total. The molecule has 0 N–H and O–H groups in total. The number of hydrogen-bond acceptors (Lipinski definition) is 1. The predicted molar refractivity (Wildman–Crippen MR) is 62.3 cm³/mol. The fourth-order valence-electron chi connectivity index (χ4n) is 2.11. The summed E-state index contributed by atoms with van der Waals surface area (Å²) in [4.78, 5) is 10.6. The highest BCUT2D eigenvalue weighted by Gasteiger charge is 2.23. The maximum atomic E-state index is 10.6. The SMILES string of the molecule is CC(C)(C)CC(CC=O)CC(C)(C)C. The van der Waals surface area contributed by atoms with Crippen LogP contribution in [0.25, 0.3) is 0 Å². The summed E-state index contributed by atoms with van der Waals surface area (Å²) in [7, 11) is 0. The molecule has 1 heteroatoms. The summed E-state index contributed by atoms with van der Waals surface area (Å²) in [5.74, 6) is 0.549. The summed E-state index contributed by atoms with van der Waals surface area (Å²) in [5, 5.41) is 0. The van der Waals surface area contributed by atoms with Crippen molar-refractivity contribution in [2.45, 2.75) is 60.8 Å². The van der Waals surface area contributed by atoms with Crippen LogP contribution in [-0.4, -0.2) is 6.29 Å². The van der Waals surface area contributed by atoms with Crippen LogP contribution < -0.4 is 0 Å². The maximum absolute atomic E-state index is 10.6. The summed E-state index contributed by atoms with van der Waals surface area (Å²) >= 11 is 0. The molecule has 0 aromatic rings. The van der Waals surface area contributed by atoms with Gasteiger partial charge in [-0.1, -0.05) is 41.5 Å². The fourth-order valence-corrected chi connectivity index (χ4v) is 2.11. The van der Waals surface area contributed by atoms with E-state index >= 15 is 0 Å². The van der Waals surface area contributed by atoms with Crippen LogP contribution in [0.15, 0.2) is 0 Å². The lowest BCUT2D eigenvalue weighted by atomic mass is 9.76. The number of hydrogen-bond donors (Lipinski definition) is 0. The summed E-state index contributed by atoms with van der Waals surface area (Å²) in [6.07, 6.45) is 4.07. The highest BCUT2D eigenvalue weighted by molar-refractivity contribution is 5.49. The van der Waals surface area contributed by atoms with Gasteiger partial charge < -0.3 is 4.79 Å². The van der Waals surface area contributed by atoms with Crippen molar-refractivity contribution in [2.75, 3.05) is 0 Å².